The maximum absolute atomic E-state index is 2.23. The molecule has 7 heavy (non-hydrogen) atoms. The molecule has 1 heteroatoms. The van der Waals surface area contributed by atoms with Gasteiger partial charge in [-0.25, -0.2) is 0 Å². The van der Waals surface area contributed by atoms with Gasteiger partial charge >= 0.3 is 0 Å². The van der Waals surface area contributed by atoms with E-state index in [-0.39, 0.29) is 5.48 Å². The van der Waals surface area contributed by atoms with Crippen molar-refractivity contribution >= 4 is 0 Å². The van der Waals surface area contributed by atoms with E-state index in [1.165, 1.54) is 25.7 Å². The predicted molar refractivity (Wildman–Crippen MR) is 30.5 cm³/mol. The molecule has 0 fully saturated rings. The third-order valence-electron chi connectivity index (χ3n) is 0.957. The quantitative estimate of drug-likeness (QED) is 0.490. The second kappa shape index (κ2) is 9.35. The largest absolute Gasteiger partial charge is 0.0654 e. The monoisotopic (exact) mass is 102 g/mol. The molecule has 0 rings (SSSR count). The van der Waals surface area contributed by atoms with Gasteiger partial charge in [0.1, 0.15) is 0 Å². The van der Waals surface area contributed by atoms with Crippen LogP contribution in [-0.4, -0.2) is 0 Å². The molecule has 0 aromatic heterocycles. The lowest BCUT2D eigenvalue weighted by Crippen LogP contribution is -1.66. The van der Waals surface area contributed by atoms with Crippen molar-refractivity contribution in [1.29, 1.82) is 0 Å². The molecule has 0 aromatic carbocycles. The van der Waals surface area contributed by atoms with Crippen LogP contribution in [0.2, 0.25) is 0 Å². The van der Waals surface area contributed by atoms with Gasteiger partial charge in [-0.1, -0.05) is 39.5 Å². The second-order valence-corrected chi connectivity index (χ2v) is 1.71. The van der Waals surface area contributed by atoms with Gasteiger partial charge in [0.25, 0.3) is 0 Å². The number of unbranched alkanes of at least 4 members (excludes halogenated alkanes) is 3. The highest BCUT2D eigenvalue weighted by Gasteiger charge is 1.75. The fourth-order valence-electron chi connectivity index (χ4n) is 0.500. The molecule has 0 aliphatic heterocycles. The first kappa shape index (κ1) is 10.0. The van der Waals surface area contributed by atoms with Crippen LogP contribution in [0.5, 0.6) is 0 Å². The number of hydrogen-bond donors (Lipinski definition) is 0. The maximum atomic E-state index is 2.23. The Bertz CT molecular complexity index is 16.1. The Labute approximate surface area is 46.0 Å². The van der Waals surface area contributed by atoms with E-state index in [0.717, 1.165) is 0 Å². The van der Waals surface area contributed by atoms with Crippen LogP contribution in [0.25, 0.3) is 0 Å². The molecular formula is C6H14O. The van der Waals surface area contributed by atoms with E-state index in [2.05, 4.69) is 13.8 Å². The summed E-state index contributed by atoms with van der Waals surface area (Å²) in [4.78, 5) is 0. The molecule has 0 aliphatic carbocycles. The van der Waals surface area contributed by atoms with Crippen molar-refractivity contribution in [2.24, 2.45) is 0 Å². The molecule has 0 N–H and O–H groups in total. The van der Waals surface area contributed by atoms with Crippen LogP contribution in [0, 0.1) is 0 Å². The van der Waals surface area contributed by atoms with Crippen LogP contribution < -0.4 is 0 Å². The van der Waals surface area contributed by atoms with Crippen LogP contribution in [-0.2, 0) is 5.48 Å². The van der Waals surface area contributed by atoms with Crippen LogP contribution in [0.15, 0.2) is 0 Å². The van der Waals surface area contributed by atoms with Crippen LogP contribution in [0.3, 0.4) is 0 Å². The Hall–Kier alpha value is -0.0400. The first-order valence-corrected chi connectivity index (χ1v) is 2.91. The summed E-state index contributed by atoms with van der Waals surface area (Å²) >= 11 is 0. The Morgan fingerprint density at radius 3 is 1.29 bits per heavy atom. The zero-order chi connectivity index (χ0) is 4.83. The molecule has 1 nitrogen and oxygen atoms in total. The van der Waals surface area contributed by atoms with E-state index in [4.69, 9.17) is 0 Å². The SMILES string of the molecule is CCCCCC.[O]. The lowest BCUT2D eigenvalue weighted by atomic mass is 10.2. The average molecular weight is 102 g/mol. The molecule has 0 aliphatic rings. The van der Waals surface area contributed by atoms with Crippen molar-refractivity contribution in [1.82, 2.24) is 0 Å². The van der Waals surface area contributed by atoms with Crippen molar-refractivity contribution in [3.05, 3.63) is 0 Å². The summed E-state index contributed by atoms with van der Waals surface area (Å²) in [6, 6.07) is 0. The molecule has 0 saturated carbocycles. The lowest BCUT2D eigenvalue weighted by Gasteiger charge is -1.86. The van der Waals surface area contributed by atoms with Crippen molar-refractivity contribution < 1.29 is 5.48 Å². The van der Waals surface area contributed by atoms with E-state index in [1.54, 1.807) is 0 Å². The van der Waals surface area contributed by atoms with Crippen LogP contribution >= 0.6 is 0 Å². The van der Waals surface area contributed by atoms with E-state index in [1.807, 2.05) is 0 Å². The molecule has 0 amide bonds. The normalized spacial score (nSPS) is 7.71. The fourth-order valence-corrected chi connectivity index (χ4v) is 0.500. The molecule has 0 bridgehead atoms. The van der Waals surface area contributed by atoms with Gasteiger partial charge < -0.3 is 0 Å². The van der Waals surface area contributed by atoms with Crippen molar-refractivity contribution in [2.45, 2.75) is 39.5 Å². The summed E-state index contributed by atoms with van der Waals surface area (Å²) in [6.45, 7) is 4.46. The average Bonchev–Trinajstić information content (AvgIpc) is 1.61. The molecule has 44 valence electrons. The third-order valence-corrected chi connectivity index (χ3v) is 0.957. The van der Waals surface area contributed by atoms with Gasteiger partial charge in [-0.3, -0.25) is 0 Å². The van der Waals surface area contributed by atoms with Gasteiger partial charge in [0, 0.05) is 5.48 Å². The highest BCUT2D eigenvalue weighted by atomic mass is 16.0. The molecule has 2 radical (unpaired) electrons. The third kappa shape index (κ3) is 10.7. The predicted octanol–water partition coefficient (Wildman–Crippen LogP) is 2.47. The molecule has 0 heterocycles. The van der Waals surface area contributed by atoms with E-state index in [9.17, 15) is 0 Å². The summed E-state index contributed by atoms with van der Waals surface area (Å²) in [5.41, 5.74) is 0. The van der Waals surface area contributed by atoms with Gasteiger partial charge in [-0.05, 0) is 0 Å². The summed E-state index contributed by atoms with van der Waals surface area (Å²) in [7, 11) is 0. The molecule has 0 aromatic rings. The van der Waals surface area contributed by atoms with Crippen molar-refractivity contribution in [2.75, 3.05) is 0 Å². The Morgan fingerprint density at radius 1 is 0.857 bits per heavy atom. The zero-order valence-corrected chi connectivity index (χ0v) is 5.24. The van der Waals surface area contributed by atoms with E-state index in [0.29, 0.717) is 0 Å². The molecule has 0 unspecified atom stereocenters. The first-order valence-electron chi connectivity index (χ1n) is 2.91. The molecule has 0 spiro atoms. The smallest absolute Gasteiger partial charge is 0 e. The zero-order valence-electron chi connectivity index (χ0n) is 5.24. The minimum atomic E-state index is 0. The number of hydrogen-bond acceptors (Lipinski definition) is 0. The first-order chi connectivity index (χ1) is 2.91. The standard InChI is InChI=1S/C6H14.O/c1-3-5-6-4-2;/h3-6H2,1-2H3;. The fraction of sp³-hybridized carbons (Fsp3) is 1.00. The lowest BCUT2D eigenvalue weighted by molar-refractivity contribution is 0.686. The van der Waals surface area contributed by atoms with Gasteiger partial charge in [0.15, 0.2) is 0 Å². The molecule has 0 saturated heterocycles. The second-order valence-electron chi connectivity index (χ2n) is 1.71. The summed E-state index contributed by atoms with van der Waals surface area (Å²) in [5.74, 6) is 0. The van der Waals surface area contributed by atoms with E-state index >= 15 is 0 Å². The van der Waals surface area contributed by atoms with Gasteiger partial charge in [0.2, 0.25) is 0 Å². The Kier molecular flexibility index (Phi) is 13.4. The van der Waals surface area contributed by atoms with Crippen LogP contribution in [0.4, 0.5) is 0 Å². The van der Waals surface area contributed by atoms with Crippen LogP contribution in [0.1, 0.15) is 39.5 Å². The van der Waals surface area contributed by atoms with E-state index < -0.39 is 0 Å². The molecule has 0 atom stereocenters. The highest BCUT2D eigenvalue weighted by molar-refractivity contribution is 4.31. The topological polar surface area (TPSA) is 28.5 Å². The minimum absolute atomic E-state index is 0. The van der Waals surface area contributed by atoms with Crippen molar-refractivity contribution in [3.8, 4) is 0 Å². The summed E-state index contributed by atoms with van der Waals surface area (Å²) in [5, 5.41) is 0. The van der Waals surface area contributed by atoms with Gasteiger partial charge in [-0.15, -0.1) is 0 Å². The Balaban J connectivity index is 0. The summed E-state index contributed by atoms with van der Waals surface area (Å²) < 4.78 is 0. The Morgan fingerprint density at radius 2 is 1.14 bits per heavy atom. The minimum Gasteiger partial charge on any atom is -0.0654 e. The van der Waals surface area contributed by atoms with Gasteiger partial charge in [0.05, 0.1) is 0 Å². The maximum Gasteiger partial charge on any atom is 0 e. The number of rotatable bonds is 3. The van der Waals surface area contributed by atoms with Gasteiger partial charge in [-0.2, -0.15) is 0 Å². The summed E-state index contributed by atoms with van der Waals surface area (Å²) in [6.07, 6.45) is 5.54. The highest BCUT2D eigenvalue weighted by Crippen LogP contribution is 1.95. The molecular weight excluding hydrogens is 88.1 g/mol. The van der Waals surface area contributed by atoms with Crippen molar-refractivity contribution in [3.63, 3.8) is 0 Å².